The lowest BCUT2D eigenvalue weighted by Crippen LogP contribution is -2.09. The zero-order valence-corrected chi connectivity index (χ0v) is 12.0. The van der Waals surface area contributed by atoms with Gasteiger partial charge in [-0.05, 0) is 55.7 Å². The molecule has 2 N–H and O–H groups in total. The van der Waals surface area contributed by atoms with Gasteiger partial charge in [0.15, 0.2) is 0 Å². The van der Waals surface area contributed by atoms with Crippen molar-refractivity contribution in [2.75, 3.05) is 5.73 Å². The molecule has 0 unspecified atom stereocenters. The Morgan fingerprint density at radius 1 is 0.952 bits per heavy atom. The SMILES string of the molecule is Cc1ccc(C)c(Oc2ccc(N)c(C(F)(F)F)c2)c1C. The molecule has 112 valence electrons. The summed E-state index contributed by atoms with van der Waals surface area (Å²) in [7, 11) is 0. The summed E-state index contributed by atoms with van der Waals surface area (Å²) in [6.45, 7) is 5.65. The predicted octanol–water partition coefficient (Wildman–Crippen LogP) is 5.01. The van der Waals surface area contributed by atoms with Crippen LogP contribution in [-0.4, -0.2) is 0 Å². The highest BCUT2D eigenvalue weighted by molar-refractivity contribution is 5.54. The number of nitrogens with two attached hydrogens (primary N) is 1. The van der Waals surface area contributed by atoms with Crippen LogP contribution in [0.2, 0.25) is 0 Å². The van der Waals surface area contributed by atoms with Gasteiger partial charge < -0.3 is 10.5 Å². The molecule has 2 rings (SSSR count). The van der Waals surface area contributed by atoms with Crippen LogP contribution in [0.5, 0.6) is 11.5 Å². The molecule has 0 aliphatic heterocycles. The number of rotatable bonds is 2. The van der Waals surface area contributed by atoms with Crippen LogP contribution in [-0.2, 0) is 6.18 Å². The maximum Gasteiger partial charge on any atom is 0.418 e. The van der Waals surface area contributed by atoms with Gasteiger partial charge in [0.25, 0.3) is 0 Å². The number of halogens is 3. The Morgan fingerprint density at radius 3 is 2.19 bits per heavy atom. The minimum Gasteiger partial charge on any atom is -0.457 e. The van der Waals surface area contributed by atoms with Gasteiger partial charge in [-0.2, -0.15) is 13.2 Å². The molecule has 0 radical (unpaired) electrons. The van der Waals surface area contributed by atoms with Crippen molar-refractivity contribution in [2.45, 2.75) is 26.9 Å². The second kappa shape index (κ2) is 5.31. The molecule has 21 heavy (non-hydrogen) atoms. The second-order valence-electron chi connectivity index (χ2n) is 5.00. The first-order chi connectivity index (χ1) is 9.70. The third kappa shape index (κ3) is 3.12. The summed E-state index contributed by atoms with van der Waals surface area (Å²) in [5, 5.41) is 0. The number of ether oxygens (including phenoxy) is 1. The number of aryl methyl sites for hydroxylation is 2. The average molecular weight is 295 g/mol. The minimum absolute atomic E-state index is 0.119. The quantitative estimate of drug-likeness (QED) is 0.791. The molecule has 2 aromatic rings. The molecular formula is C16H16F3NO. The van der Waals surface area contributed by atoms with Gasteiger partial charge in [0.2, 0.25) is 0 Å². The fourth-order valence-electron chi connectivity index (χ4n) is 2.04. The summed E-state index contributed by atoms with van der Waals surface area (Å²) in [5.74, 6) is 0.696. The number of alkyl halides is 3. The van der Waals surface area contributed by atoms with Gasteiger partial charge in [-0.3, -0.25) is 0 Å². The first-order valence-corrected chi connectivity index (χ1v) is 6.41. The molecule has 0 fully saturated rings. The number of hydrogen-bond donors (Lipinski definition) is 1. The highest BCUT2D eigenvalue weighted by Gasteiger charge is 2.33. The molecule has 0 aliphatic carbocycles. The number of benzene rings is 2. The Morgan fingerprint density at radius 2 is 1.57 bits per heavy atom. The average Bonchev–Trinajstić information content (AvgIpc) is 2.40. The van der Waals surface area contributed by atoms with E-state index in [1.165, 1.54) is 12.1 Å². The van der Waals surface area contributed by atoms with Gasteiger partial charge in [-0.1, -0.05) is 12.1 Å². The van der Waals surface area contributed by atoms with Crippen LogP contribution in [0.4, 0.5) is 18.9 Å². The van der Waals surface area contributed by atoms with Crippen molar-refractivity contribution in [1.29, 1.82) is 0 Å². The van der Waals surface area contributed by atoms with Gasteiger partial charge >= 0.3 is 6.18 Å². The molecule has 0 heterocycles. The van der Waals surface area contributed by atoms with Crippen molar-refractivity contribution >= 4 is 5.69 Å². The number of anilines is 1. The molecular weight excluding hydrogens is 279 g/mol. The topological polar surface area (TPSA) is 35.2 Å². The zero-order valence-electron chi connectivity index (χ0n) is 12.0. The maximum atomic E-state index is 12.9. The molecule has 0 spiro atoms. The van der Waals surface area contributed by atoms with E-state index in [-0.39, 0.29) is 11.4 Å². The fraction of sp³-hybridized carbons (Fsp3) is 0.250. The van der Waals surface area contributed by atoms with Crippen LogP contribution in [0.1, 0.15) is 22.3 Å². The van der Waals surface area contributed by atoms with E-state index in [2.05, 4.69) is 0 Å². The van der Waals surface area contributed by atoms with Crippen molar-refractivity contribution in [3.63, 3.8) is 0 Å². The van der Waals surface area contributed by atoms with Gasteiger partial charge in [0.1, 0.15) is 11.5 Å². The van der Waals surface area contributed by atoms with E-state index in [0.717, 1.165) is 22.8 Å². The highest BCUT2D eigenvalue weighted by atomic mass is 19.4. The van der Waals surface area contributed by atoms with Crippen LogP contribution in [0.25, 0.3) is 0 Å². The molecule has 0 amide bonds. The monoisotopic (exact) mass is 295 g/mol. The molecule has 2 aromatic carbocycles. The summed E-state index contributed by atoms with van der Waals surface area (Å²) in [6, 6.07) is 7.39. The minimum atomic E-state index is -4.50. The molecule has 5 heteroatoms. The summed E-state index contributed by atoms with van der Waals surface area (Å²) >= 11 is 0. The van der Waals surface area contributed by atoms with Crippen molar-refractivity contribution in [2.24, 2.45) is 0 Å². The van der Waals surface area contributed by atoms with Gasteiger partial charge in [0, 0.05) is 5.69 Å². The van der Waals surface area contributed by atoms with E-state index in [0.29, 0.717) is 5.75 Å². The van der Waals surface area contributed by atoms with Crippen LogP contribution in [0.15, 0.2) is 30.3 Å². The van der Waals surface area contributed by atoms with E-state index < -0.39 is 11.7 Å². The molecule has 0 saturated heterocycles. The first-order valence-electron chi connectivity index (χ1n) is 6.41. The summed E-state index contributed by atoms with van der Waals surface area (Å²) in [4.78, 5) is 0. The lowest BCUT2D eigenvalue weighted by Gasteiger charge is -2.16. The van der Waals surface area contributed by atoms with Crippen LogP contribution < -0.4 is 10.5 Å². The molecule has 0 saturated carbocycles. The van der Waals surface area contributed by atoms with E-state index in [4.69, 9.17) is 10.5 Å². The fourth-order valence-corrected chi connectivity index (χ4v) is 2.04. The Balaban J connectivity index is 2.44. The van der Waals surface area contributed by atoms with E-state index in [1.54, 1.807) is 0 Å². The lowest BCUT2D eigenvalue weighted by molar-refractivity contribution is -0.137. The number of nitrogen functional groups attached to an aromatic ring is 1. The Hall–Kier alpha value is -2.17. The highest BCUT2D eigenvalue weighted by Crippen LogP contribution is 2.38. The smallest absolute Gasteiger partial charge is 0.418 e. The summed E-state index contributed by atoms with van der Waals surface area (Å²) in [6.07, 6.45) is -4.50. The zero-order chi connectivity index (χ0) is 15.8. The van der Waals surface area contributed by atoms with Crippen molar-refractivity contribution in [1.82, 2.24) is 0 Å². The molecule has 2 nitrogen and oxygen atoms in total. The third-order valence-electron chi connectivity index (χ3n) is 3.42. The third-order valence-corrected chi connectivity index (χ3v) is 3.42. The van der Waals surface area contributed by atoms with E-state index >= 15 is 0 Å². The van der Waals surface area contributed by atoms with Gasteiger partial charge in [-0.25, -0.2) is 0 Å². The van der Waals surface area contributed by atoms with Crippen LogP contribution in [0, 0.1) is 20.8 Å². The number of hydrogen-bond acceptors (Lipinski definition) is 2. The second-order valence-corrected chi connectivity index (χ2v) is 5.00. The largest absolute Gasteiger partial charge is 0.457 e. The van der Waals surface area contributed by atoms with Crippen molar-refractivity contribution < 1.29 is 17.9 Å². The molecule has 0 atom stereocenters. The molecule has 0 aromatic heterocycles. The molecule has 0 aliphatic rings. The Kier molecular flexibility index (Phi) is 3.85. The van der Waals surface area contributed by atoms with Gasteiger partial charge in [0.05, 0.1) is 5.56 Å². The standard InChI is InChI=1S/C16H16F3NO/c1-9-4-5-10(2)15(11(9)3)21-12-6-7-14(20)13(8-12)16(17,18)19/h4-8H,20H2,1-3H3. The predicted molar refractivity (Wildman–Crippen MR) is 76.6 cm³/mol. The lowest BCUT2D eigenvalue weighted by atomic mass is 10.1. The summed E-state index contributed by atoms with van der Waals surface area (Å²) < 4.78 is 44.2. The van der Waals surface area contributed by atoms with Crippen molar-refractivity contribution in [3.05, 3.63) is 52.6 Å². The summed E-state index contributed by atoms with van der Waals surface area (Å²) in [5.41, 5.74) is 6.96. The Labute approximate surface area is 121 Å². The van der Waals surface area contributed by atoms with Crippen molar-refractivity contribution in [3.8, 4) is 11.5 Å². The van der Waals surface area contributed by atoms with E-state index in [1.807, 2.05) is 32.9 Å². The Bertz CT molecular complexity index is 678. The normalized spacial score (nSPS) is 11.5. The van der Waals surface area contributed by atoms with Crippen LogP contribution >= 0.6 is 0 Å². The first kappa shape index (κ1) is 15.2. The maximum absolute atomic E-state index is 12.9. The van der Waals surface area contributed by atoms with E-state index in [9.17, 15) is 13.2 Å². The van der Waals surface area contributed by atoms with Gasteiger partial charge in [-0.15, -0.1) is 0 Å². The van der Waals surface area contributed by atoms with Crippen LogP contribution in [0.3, 0.4) is 0 Å². The molecule has 0 bridgehead atoms.